The Kier molecular flexibility index (Phi) is 5.06. The average Bonchev–Trinajstić information content (AvgIpc) is 3.26. The maximum atomic E-state index is 12.9. The monoisotopic (exact) mass is 372 g/mol. The zero-order valence-corrected chi connectivity index (χ0v) is 15.5. The molecule has 4 rings (SSSR count). The zero-order valence-electron chi connectivity index (χ0n) is 15.5. The van der Waals surface area contributed by atoms with Gasteiger partial charge in [-0.1, -0.05) is 18.2 Å². The third-order valence-electron chi connectivity index (χ3n) is 4.43. The summed E-state index contributed by atoms with van der Waals surface area (Å²) in [6.45, 7) is 2.90. The van der Waals surface area contributed by atoms with E-state index in [2.05, 4.69) is 5.32 Å². The number of carbonyl (C=O) groups is 1. The summed E-state index contributed by atoms with van der Waals surface area (Å²) in [5.41, 5.74) is 3.03. The summed E-state index contributed by atoms with van der Waals surface area (Å²) in [4.78, 5) is 17.6. The molecule has 0 fully saturated rings. The first-order chi connectivity index (χ1) is 13.7. The van der Waals surface area contributed by atoms with E-state index in [1.807, 2.05) is 67.6 Å². The van der Waals surface area contributed by atoms with Crippen molar-refractivity contribution < 1.29 is 13.9 Å². The van der Waals surface area contributed by atoms with Crippen molar-refractivity contribution in [2.24, 2.45) is 0 Å². The van der Waals surface area contributed by atoms with Crippen LogP contribution < -0.4 is 10.1 Å². The van der Waals surface area contributed by atoms with Gasteiger partial charge in [0.25, 0.3) is 5.91 Å². The van der Waals surface area contributed by atoms with Gasteiger partial charge in [-0.2, -0.15) is 0 Å². The van der Waals surface area contributed by atoms with Crippen LogP contribution in [0.3, 0.4) is 0 Å². The second-order valence-corrected chi connectivity index (χ2v) is 6.29. The lowest BCUT2D eigenvalue weighted by atomic mass is 10.0. The van der Waals surface area contributed by atoms with Crippen LogP contribution in [0.25, 0.3) is 22.2 Å². The fourth-order valence-electron chi connectivity index (χ4n) is 3.08. The first-order valence-corrected chi connectivity index (χ1v) is 9.18. The molecule has 1 amide bonds. The SMILES string of the molecule is CCOc1ccc(-c2cc(C(=O)NCc3ccco3)c3ccccc3n2)cc1. The van der Waals surface area contributed by atoms with Gasteiger partial charge >= 0.3 is 0 Å². The summed E-state index contributed by atoms with van der Waals surface area (Å²) >= 11 is 0. The minimum Gasteiger partial charge on any atom is -0.494 e. The number of aromatic nitrogens is 1. The Morgan fingerprint density at radius 2 is 1.89 bits per heavy atom. The Balaban J connectivity index is 1.69. The maximum Gasteiger partial charge on any atom is 0.252 e. The highest BCUT2D eigenvalue weighted by Gasteiger charge is 2.14. The molecule has 0 aliphatic carbocycles. The maximum absolute atomic E-state index is 12.9. The van der Waals surface area contributed by atoms with E-state index in [0.29, 0.717) is 24.5 Å². The largest absolute Gasteiger partial charge is 0.494 e. The van der Waals surface area contributed by atoms with Gasteiger partial charge in [-0.3, -0.25) is 4.79 Å². The molecular weight excluding hydrogens is 352 g/mol. The average molecular weight is 372 g/mol. The van der Waals surface area contributed by atoms with Gasteiger partial charge in [0.15, 0.2) is 0 Å². The van der Waals surface area contributed by atoms with Gasteiger partial charge < -0.3 is 14.5 Å². The van der Waals surface area contributed by atoms with Crippen molar-refractivity contribution in [2.45, 2.75) is 13.5 Å². The molecule has 1 N–H and O–H groups in total. The number of nitrogens with zero attached hydrogens (tertiary/aromatic N) is 1. The Morgan fingerprint density at radius 3 is 2.64 bits per heavy atom. The molecule has 5 heteroatoms. The van der Waals surface area contributed by atoms with Crippen LogP contribution in [-0.2, 0) is 6.54 Å². The van der Waals surface area contributed by atoms with Crippen molar-refractivity contribution in [1.82, 2.24) is 10.3 Å². The number of benzene rings is 2. The number of amides is 1. The predicted molar refractivity (Wildman–Crippen MR) is 108 cm³/mol. The Hall–Kier alpha value is -3.60. The van der Waals surface area contributed by atoms with E-state index >= 15 is 0 Å². The summed E-state index contributed by atoms with van der Waals surface area (Å²) in [5.74, 6) is 1.35. The van der Waals surface area contributed by atoms with E-state index in [1.54, 1.807) is 12.3 Å². The molecule has 4 aromatic rings. The van der Waals surface area contributed by atoms with Crippen LogP contribution in [0.15, 0.2) is 77.4 Å². The molecule has 2 aromatic heterocycles. The molecule has 28 heavy (non-hydrogen) atoms. The number of furan rings is 1. The van der Waals surface area contributed by atoms with Crippen LogP contribution >= 0.6 is 0 Å². The van der Waals surface area contributed by atoms with Crippen LogP contribution in [0, 0.1) is 0 Å². The normalized spacial score (nSPS) is 10.8. The van der Waals surface area contributed by atoms with Crippen molar-refractivity contribution in [1.29, 1.82) is 0 Å². The third-order valence-corrected chi connectivity index (χ3v) is 4.43. The molecule has 2 heterocycles. The van der Waals surface area contributed by atoms with Gasteiger partial charge in [0.1, 0.15) is 11.5 Å². The van der Waals surface area contributed by atoms with Crippen LogP contribution in [0.5, 0.6) is 5.75 Å². The Morgan fingerprint density at radius 1 is 1.07 bits per heavy atom. The fourth-order valence-corrected chi connectivity index (χ4v) is 3.08. The quantitative estimate of drug-likeness (QED) is 0.527. The number of rotatable bonds is 6. The number of fused-ring (bicyclic) bond motifs is 1. The molecule has 140 valence electrons. The number of hydrogen-bond donors (Lipinski definition) is 1. The fraction of sp³-hybridized carbons (Fsp3) is 0.130. The molecule has 0 saturated heterocycles. The summed E-state index contributed by atoms with van der Waals surface area (Å²) in [6.07, 6.45) is 1.59. The van der Waals surface area contributed by atoms with Crippen molar-refractivity contribution >= 4 is 16.8 Å². The lowest BCUT2D eigenvalue weighted by molar-refractivity contribution is 0.0949. The second kappa shape index (κ2) is 7.96. The van der Waals surface area contributed by atoms with E-state index in [0.717, 1.165) is 27.9 Å². The number of carbonyl (C=O) groups excluding carboxylic acids is 1. The highest BCUT2D eigenvalue weighted by molar-refractivity contribution is 6.07. The topological polar surface area (TPSA) is 64.4 Å². The molecule has 0 radical (unpaired) electrons. The van der Waals surface area contributed by atoms with Crippen molar-refractivity contribution in [3.63, 3.8) is 0 Å². The van der Waals surface area contributed by atoms with Crippen molar-refractivity contribution in [3.05, 3.63) is 84.3 Å². The first kappa shape index (κ1) is 17.8. The van der Waals surface area contributed by atoms with Gasteiger partial charge in [0, 0.05) is 10.9 Å². The van der Waals surface area contributed by atoms with Crippen LogP contribution in [0.1, 0.15) is 23.0 Å². The minimum absolute atomic E-state index is 0.165. The molecule has 0 unspecified atom stereocenters. The number of pyridine rings is 1. The van der Waals surface area contributed by atoms with Crippen LogP contribution in [-0.4, -0.2) is 17.5 Å². The van der Waals surface area contributed by atoms with Gasteiger partial charge in [0.2, 0.25) is 0 Å². The molecule has 0 atom stereocenters. The summed E-state index contributed by atoms with van der Waals surface area (Å²) in [6, 6.07) is 20.8. The summed E-state index contributed by atoms with van der Waals surface area (Å²) < 4.78 is 10.8. The molecular formula is C23H20N2O3. The number of nitrogens with one attached hydrogen (secondary N) is 1. The minimum atomic E-state index is -0.165. The van der Waals surface area contributed by atoms with Crippen LogP contribution in [0.4, 0.5) is 0 Å². The molecule has 0 bridgehead atoms. The van der Waals surface area contributed by atoms with Gasteiger partial charge in [-0.15, -0.1) is 0 Å². The van der Waals surface area contributed by atoms with E-state index < -0.39 is 0 Å². The van der Waals surface area contributed by atoms with E-state index in [9.17, 15) is 4.79 Å². The second-order valence-electron chi connectivity index (χ2n) is 6.29. The van der Waals surface area contributed by atoms with Gasteiger partial charge in [0.05, 0.1) is 36.2 Å². The zero-order chi connectivity index (χ0) is 19.3. The van der Waals surface area contributed by atoms with Crippen molar-refractivity contribution in [2.75, 3.05) is 6.61 Å². The molecule has 2 aromatic carbocycles. The molecule has 0 saturated carbocycles. The van der Waals surface area contributed by atoms with Crippen molar-refractivity contribution in [3.8, 4) is 17.0 Å². The lowest BCUT2D eigenvalue weighted by Gasteiger charge is -2.11. The van der Waals surface area contributed by atoms with Gasteiger partial charge in [-0.25, -0.2) is 4.98 Å². The Bertz CT molecular complexity index is 1090. The highest BCUT2D eigenvalue weighted by atomic mass is 16.5. The van der Waals surface area contributed by atoms with E-state index in [1.165, 1.54) is 0 Å². The number of para-hydroxylation sites is 1. The van der Waals surface area contributed by atoms with E-state index in [4.69, 9.17) is 14.1 Å². The highest BCUT2D eigenvalue weighted by Crippen LogP contribution is 2.26. The first-order valence-electron chi connectivity index (χ1n) is 9.18. The van der Waals surface area contributed by atoms with Gasteiger partial charge in [-0.05, 0) is 55.5 Å². The standard InChI is InChI=1S/C23H20N2O3/c1-2-27-17-11-9-16(10-12-17)22-14-20(19-7-3-4-8-21(19)25-22)23(26)24-15-18-6-5-13-28-18/h3-14H,2,15H2,1H3,(H,24,26). The lowest BCUT2D eigenvalue weighted by Crippen LogP contribution is -2.23. The summed E-state index contributed by atoms with van der Waals surface area (Å²) in [5, 5.41) is 3.73. The number of ether oxygens (including phenoxy) is 1. The van der Waals surface area contributed by atoms with E-state index in [-0.39, 0.29) is 5.91 Å². The predicted octanol–water partition coefficient (Wildman–Crippen LogP) is 4.82. The Labute approximate surface area is 163 Å². The molecule has 5 nitrogen and oxygen atoms in total. The number of hydrogen-bond acceptors (Lipinski definition) is 4. The molecule has 0 aliphatic heterocycles. The smallest absolute Gasteiger partial charge is 0.252 e. The van der Waals surface area contributed by atoms with Crippen LogP contribution in [0.2, 0.25) is 0 Å². The molecule has 0 spiro atoms. The third kappa shape index (κ3) is 3.74. The summed E-state index contributed by atoms with van der Waals surface area (Å²) in [7, 11) is 0. The molecule has 0 aliphatic rings.